The molecule has 0 aromatic heterocycles. The van der Waals surface area contributed by atoms with E-state index in [-0.39, 0.29) is 46.9 Å². The quantitative estimate of drug-likeness (QED) is 0.195. The fourth-order valence-electron chi connectivity index (χ4n) is 3.09. The molecule has 0 unspecified atom stereocenters. The molecule has 3 aromatic carbocycles. The number of benzene rings is 3. The van der Waals surface area contributed by atoms with Crippen LogP contribution in [0.4, 0.5) is 11.4 Å². The third-order valence-corrected chi connectivity index (χ3v) is 4.86. The monoisotopic (exact) mass is 436 g/mol. The molecule has 0 radical (unpaired) electrons. The number of hydrogen-bond donors (Lipinski definition) is 4. The van der Waals surface area contributed by atoms with E-state index in [4.69, 9.17) is 16.9 Å². The first-order chi connectivity index (χ1) is 14.3. The Morgan fingerprint density at radius 3 is 2.13 bits per heavy atom. The lowest BCUT2D eigenvalue weighted by Gasteiger charge is -2.14. The molecule has 6 nitrogen and oxygen atoms in total. The maximum absolute atomic E-state index is 13.1. The van der Waals surface area contributed by atoms with Gasteiger partial charge in [-0.2, -0.15) is 0 Å². The molecule has 3 aromatic rings. The van der Waals surface area contributed by atoms with Crippen molar-refractivity contribution < 1.29 is 9.59 Å². The maximum atomic E-state index is 13.1. The van der Waals surface area contributed by atoms with Crippen LogP contribution in [0.1, 0.15) is 57.2 Å². The predicted molar refractivity (Wildman–Crippen MR) is 127 cm³/mol. The smallest absolute Gasteiger partial charge is 0.255 e. The Kier molecular flexibility index (Phi) is 7.56. The fourth-order valence-corrected chi connectivity index (χ4v) is 3.09. The van der Waals surface area contributed by atoms with Crippen molar-refractivity contribution >= 4 is 41.3 Å². The predicted octanol–water partition coefficient (Wildman–Crippen LogP) is 4.58. The molecule has 0 saturated carbocycles. The van der Waals surface area contributed by atoms with Crippen molar-refractivity contribution in [2.75, 3.05) is 11.1 Å². The zero-order chi connectivity index (χ0) is 21.8. The molecule has 3 rings (SSSR count). The summed E-state index contributed by atoms with van der Waals surface area (Å²) in [4.78, 5) is 25.9. The minimum atomic E-state index is -0.352. The summed E-state index contributed by atoms with van der Waals surface area (Å²) in [7, 11) is 0. The van der Waals surface area contributed by atoms with Crippen LogP contribution in [0.2, 0.25) is 0 Å². The molecule has 0 aliphatic carbocycles. The standard InChI is InChI=1S/C24H24N4O2.ClH/c1-14(2)15-9-11-16(12-10-15)24(30)28-21-19(7-4-8-20(21)25)22(29)17-5-3-6-18(13-17)23(26)27;/h3-14H,25H2,1-2H3,(H3,26,27)(H,28,30);1H. The molecule has 0 aliphatic rings. The topological polar surface area (TPSA) is 122 Å². The van der Waals surface area contributed by atoms with Gasteiger partial charge in [0.25, 0.3) is 5.91 Å². The van der Waals surface area contributed by atoms with Gasteiger partial charge in [-0.3, -0.25) is 15.0 Å². The Balaban J connectivity index is 0.00000341. The van der Waals surface area contributed by atoms with Gasteiger partial charge >= 0.3 is 0 Å². The number of anilines is 2. The number of nitrogen functional groups attached to an aromatic ring is 2. The van der Waals surface area contributed by atoms with Gasteiger partial charge in [-0.25, -0.2) is 0 Å². The van der Waals surface area contributed by atoms with Gasteiger partial charge in [-0.05, 0) is 41.8 Å². The molecule has 7 heteroatoms. The minimum absolute atomic E-state index is 0. The van der Waals surface area contributed by atoms with Crippen molar-refractivity contribution in [3.8, 4) is 0 Å². The van der Waals surface area contributed by atoms with E-state index < -0.39 is 0 Å². The van der Waals surface area contributed by atoms with Crippen LogP contribution in [0.5, 0.6) is 0 Å². The van der Waals surface area contributed by atoms with Crippen molar-refractivity contribution in [3.05, 3.63) is 94.5 Å². The highest BCUT2D eigenvalue weighted by molar-refractivity contribution is 6.17. The largest absolute Gasteiger partial charge is 0.397 e. The zero-order valence-electron chi connectivity index (χ0n) is 17.3. The van der Waals surface area contributed by atoms with Gasteiger partial charge in [0, 0.05) is 22.3 Å². The summed E-state index contributed by atoms with van der Waals surface area (Å²) in [5.41, 5.74) is 14.8. The molecule has 0 aliphatic heterocycles. The summed E-state index contributed by atoms with van der Waals surface area (Å²) < 4.78 is 0. The summed E-state index contributed by atoms with van der Waals surface area (Å²) in [6, 6.07) is 18.7. The van der Waals surface area contributed by atoms with Crippen LogP contribution in [-0.4, -0.2) is 17.5 Å². The van der Waals surface area contributed by atoms with Crippen LogP contribution in [0, 0.1) is 5.41 Å². The number of carbonyl (C=O) groups is 2. The second-order valence-corrected chi connectivity index (χ2v) is 7.32. The van der Waals surface area contributed by atoms with E-state index in [2.05, 4.69) is 19.2 Å². The molecule has 160 valence electrons. The Labute approximate surface area is 187 Å². The van der Waals surface area contributed by atoms with Crippen LogP contribution in [0.15, 0.2) is 66.7 Å². The first-order valence-corrected chi connectivity index (χ1v) is 9.57. The number of carbonyl (C=O) groups excluding carboxylic acids is 2. The summed E-state index contributed by atoms with van der Waals surface area (Å²) in [5, 5.41) is 10.4. The summed E-state index contributed by atoms with van der Waals surface area (Å²) in [6.45, 7) is 4.16. The van der Waals surface area contributed by atoms with Crippen molar-refractivity contribution in [1.29, 1.82) is 5.41 Å². The van der Waals surface area contributed by atoms with Gasteiger partial charge in [0.05, 0.1) is 11.4 Å². The lowest BCUT2D eigenvalue weighted by atomic mass is 9.98. The molecule has 0 saturated heterocycles. The van der Waals surface area contributed by atoms with Crippen LogP contribution < -0.4 is 16.8 Å². The number of halogens is 1. The molecule has 6 N–H and O–H groups in total. The number of nitrogens with one attached hydrogen (secondary N) is 2. The second kappa shape index (κ2) is 9.91. The van der Waals surface area contributed by atoms with Gasteiger partial charge in [-0.15, -0.1) is 12.4 Å². The third kappa shape index (κ3) is 5.29. The lowest BCUT2D eigenvalue weighted by molar-refractivity contribution is 0.102. The van der Waals surface area contributed by atoms with E-state index >= 15 is 0 Å². The fraction of sp³-hybridized carbons (Fsp3) is 0.125. The number of amides is 1. The Morgan fingerprint density at radius 2 is 1.52 bits per heavy atom. The van der Waals surface area contributed by atoms with E-state index in [0.717, 1.165) is 5.56 Å². The van der Waals surface area contributed by atoms with Gasteiger partial charge in [0.2, 0.25) is 0 Å². The van der Waals surface area contributed by atoms with Gasteiger partial charge in [-0.1, -0.05) is 50.2 Å². The van der Waals surface area contributed by atoms with Crippen molar-refractivity contribution in [3.63, 3.8) is 0 Å². The highest BCUT2D eigenvalue weighted by atomic mass is 35.5. The van der Waals surface area contributed by atoms with Gasteiger partial charge in [0.15, 0.2) is 5.78 Å². The van der Waals surface area contributed by atoms with Crippen LogP contribution in [0.3, 0.4) is 0 Å². The molecule has 1 amide bonds. The molecule has 0 fully saturated rings. The highest BCUT2D eigenvalue weighted by Crippen LogP contribution is 2.27. The average Bonchev–Trinajstić information content (AvgIpc) is 2.74. The Hall–Kier alpha value is -3.64. The average molecular weight is 437 g/mol. The third-order valence-electron chi connectivity index (χ3n) is 4.86. The molecular weight excluding hydrogens is 412 g/mol. The Morgan fingerprint density at radius 1 is 0.903 bits per heavy atom. The number of ketones is 1. The number of rotatable bonds is 6. The summed E-state index contributed by atoms with van der Waals surface area (Å²) in [6.07, 6.45) is 0. The van der Waals surface area contributed by atoms with Crippen molar-refractivity contribution in [2.24, 2.45) is 5.73 Å². The maximum Gasteiger partial charge on any atom is 0.255 e. The van der Waals surface area contributed by atoms with E-state index in [9.17, 15) is 9.59 Å². The first kappa shape index (κ1) is 23.6. The zero-order valence-corrected chi connectivity index (χ0v) is 18.1. The van der Waals surface area contributed by atoms with Crippen LogP contribution >= 0.6 is 12.4 Å². The van der Waals surface area contributed by atoms with E-state index in [0.29, 0.717) is 22.6 Å². The SMILES string of the molecule is CC(C)c1ccc(C(=O)Nc2c(N)cccc2C(=O)c2cccc(C(=N)N)c2)cc1.Cl. The molecule has 0 spiro atoms. The number of hydrogen-bond acceptors (Lipinski definition) is 4. The van der Waals surface area contributed by atoms with E-state index in [1.807, 2.05) is 12.1 Å². The molecular formula is C24H25ClN4O2. The summed E-state index contributed by atoms with van der Waals surface area (Å²) >= 11 is 0. The highest BCUT2D eigenvalue weighted by Gasteiger charge is 2.19. The van der Waals surface area contributed by atoms with Gasteiger partial charge < -0.3 is 16.8 Å². The number of para-hydroxylation sites is 1. The second-order valence-electron chi connectivity index (χ2n) is 7.32. The minimum Gasteiger partial charge on any atom is -0.397 e. The normalized spacial score (nSPS) is 10.3. The van der Waals surface area contributed by atoms with E-state index in [1.165, 1.54) is 0 Å². The van der Waals surface area contributed by atoms with Crippen LogP contribution in [0.25, 0.3) is 0 Å². The molecule has 0 bridgehead atoms. The first-order valence-electron chi connectivity index (χ1n) is 9.57. The Bertz CT molecular complexity index is 1120. The van der Waals surface area contributed by atoms with Gasteiger partial charge in [0.1, 0.15) is 5.84 Å². The molecule has 0 heterocycles. The van der Waals surface area contributed by atoms with E-state index in [1.54, 1.807) is 54.6 Å². The van der Waals surface area contributed by atoms with Crippen molar-refractivity contribution in [1.82, 2.24) is 0 Å². The molecule has 0 atom stereocenters. The van der Waals surface area contributed by atoms with Crippen molar-refractivity contribution in [2.45, 2.75) is 19.8 Å². The lowest BCUT2D eigenvalue weighted by Crippen LogP contribution is -2.17. The molecule has 31 heavy (non-hydrogen) atoms. The number of amidine groups is 1. The van der Waals surface area contributed by atoms with Crippen LogP contribution in [-0.2, 0) is 0 Å². The summed E-state index contributed by atoms with van der Waals surface area (Å²) in [5.74, 6) is -0.442. The number of nitrogens with two attached hydrogens (primary N) is 2.